The lowest BCUT2D eigenvalue weighted by atomic mass is 10.2. The summed E-state index contributed by atoms with van der Waals surface area (Å²) in [5, 5.41) is 6.28. The second kappa shape index (κ2) is 4.80. The van der Waals surface area contributed by atoms with E-state index in [2.05, 4.69) is 5.10 Å². The normalized spacial score (nSPS) is 10.6. The molecule has 0 fully saturated rings. The monoisotopic (exact) mass is 254 g/mol. The summed E-state index contributed by atoms with van der Waals surface area (Å²) in [5.74, 6) is 0.222. The second-order valence-corrected chi connectivity index (χ2v) is 4.50. The van der Waals surface area contributed by atoms with Crippen molar-refractivity contribution in [2.75, 3.05) is 0 Å². The highest BCUT2D eigenvalue weighted by Crippen LogP contribution is 2.22. The Morgan fingerprint density at radius 3 is 2.94 bits per heavy atom. The number of rotatable bonds is 3. The molecule has 16 heavy (non-hydrogen) atoms. The van der Waals surface area contributed by atoms with E-state index in [-0.39, 0.29) is 11.4 Å². The van der Waals surface area contributed by atoms with Crippen LogP contribution in [0.15, 0.2) is 28.4 Å². The topological polar surface area (TPSA) is 34.9 Å². The highest BCUT2D eigenvalue weighted by Gasteiger charge is 2.08. The van der Waals surface area contributed by atoms with Gasteiger partial charge in [0.15, 0.2) is 0 Å². The minimum Gasteiger partial charge on any atom is -0.267 e. The lowest BCUT2D eigenvalue weighted by Crippen LogP contribution is -2.25. The van der Waals surface area contributed by atoms with E-state index in [9.17, 15) is 4.79 Å². The van der Waals surface area contributed by atoms with Crippen LogP contribution in [0, 0.1) is 0 Å². The van der Waals surface area contributed by atoms with Gasteiger partial charge in [0.2, 0.25) is 0 Å². The Balaban J connectivity index is 2.60. The molecule has 0 saturated heterocycles. The first-order valence-corrected chi connectivity index (χ1v) is 6.38. The predicted molar refractivity (Wildman–Crippen MR) is 67.0 cm³/mol. The van der Waals surface area contributed by atoms with Crippen LogP contribution in [0.4, 0.5) is 0 Å². The molecular formula is C11H11ClN2OS. The number of halogens is 1. The summed E-state index contributed by atoms with van der Waals surface area (Å²) in [7, 11) is 0. The van der Waals surface area contributed by atoms with Crippen LogP contribution < -0.4 is 5.56 Å². The molecular weight excluding hydrogens is 244 g/mol. The van der Waals surface area contributed by atoms with E-state index in [1.165, 1.54) is 4.68 Å². The van der Waals surface area contributed by atoms with Crippen LogP contribution in [-0.4, -0.2) is 9.78 Å². The molecule has 0 saturated carbocycles. The average Bonchev–Trinajstić information content (AvgIpc) is 2.83. The first-order chi connectivity index (χ1) is 7.76. The van der Waals surface area contributed by atoms with Crippen LogP contribution in [0.3, 0.4) is 0 Å². The van der Waals surface area contributed by atoms with E-state index < -0.39 is 0 Å². The molecule has 5 heteroatoms. The van der Waals surface area contributed by atoms with Crippen LogP contribution in [0.25, 0.3) is 10.6 Å². The molecule has 0 amide bonds. The van der Waals surface area contributed by atoms with Gasteiger partial charge in [-0.3, -0.25) is 4.79 Å². The molecule has 84 valence electrons. The van der Waals surface area contributed by atoms with E-state index in [1.54, 1.807) is 17.4 Å². The number of aromatic nitrogens is 2. The molecule has 0 atom stereocenters. The van der Waals surface area contributed by atoms with E-state index in [0.717, 1.165) is 10.6 Å². The van der Waals surface area contributed by atoms with Crippen molar-refractivity contribution in [1.82, 2.24) is 9.78 Å². The van der Waals surface area contributed by atoms with E-state index >= 15 is 0 Å². The van der Waals surface area contributed by atoms with Crippen molar-refractivity contribution < 1.29 is 0 Å². The molecule has 0 radical (unpaired) electrons. The first kappa shape index (κ1) is 11.4. The fraction of sp³-hybridized carbons (Fsp3) is 0.273. The quantitative estimate of drug-likeness (QED) is 0.790. The lowest BCUT2D eigenvalue weighted by Gasteiger charge is -2.06. The van der Waals surface area contributed by atoms with Crippen molar-refractivity contribution in [2.24, 2.45) is 0 Å². The number of alkyl halides is 1. The van der Waals surface area contributed by atoms with Crippen LogP contribution in [0.5, 0.6) is 0 Å². The van der Waals surface area contributed by atoms with Gasteiger partial charge in [-0.15, -0.1) is 22.9 Å². The van der Waals surface area contributed by atoms with Gasteiger partial charge >= 0.3 is 0 Å². The maximum Gasteiger partial charge on any atom is 0.271 e. The minimum atomic E-state index is -0.0993. The molecule has 3 nitrogen and oxygen atoms in total. The zero-order valence-corrected chi connectivity index (χ0v) is 10.4. The summed E-state index contributed by atoms with van der Waals surface area (Å²) in [6.07, 6.45) is 0. The van der Waals surface area contributed by atoms with Crippen molar-refractivity contribution in [3.63, 3.8) is 0 Å². The van der Waals surface area contributed by atoms with Crippen LogP contribution in [0.2, 0.25) is 0 Å². The number of hydrogen-bond acceptors (Lipinski definition) is 3. The van der Waals surface area contributed by atoms with Gasteiger partial charge in [0.05, 0.1) is 10.8 Å². The summed E-state index contributed by atoms with van der Waals surface area (Å²) in [6.45, 7) is 2.45. The Hall–Kier alpha value is -1.13. The molecule has 2 rings (SSSR count). The van der Waals surface area contributed by atoms with Gasteiger partial charge in [-0.25, -0.2) is 4.68 Å². The number of hydrogen-bond donors (Lipinski definition) is 0. The summed E-state index contributed by atoms with van der Waals surface area (Å²) >= 11 is 7.36. The molecule has 0 bridgehead atoms. The maximum absolute atomic E-state index is 11.8. The fourth-order valence-electron chi connectivity index (χ4n) is 1.45. The highest BCUT2D eigenvalue weighted by molar-refractivity contribution is 7.13. The molecule has 0 aliphatic heterocycles. The summed E-state index contributed by atoms with van der Waals surface area (Å²) in [4.78, 5) is 12.8. The Bertz CT molecular complexity index is 505. The molecule has 2 heterocycles. The molecule has 0 N–H and O–H groups in total. The number of thiophene rings is 1. The van der Waals surface area contributed by atoms with E-state index in [0.29, 0.717) is 12.1 Å². The van der Waals surface area contributed by atoms with Gasteiger partial charge in [-0.2, -0.15) is 5.10 Å². The number of aryl methyl sites for hydroxylation is 1. The fourth-order valence-corrected chi connectivity index (χ4v) is 2.32. The van der Waals surface area contributed by atoms with Gasteiger partial charge < -0.3 is 0 Å². The third-order valence-corrected chi connectivity index (χ3v) is 3.45. The summed E-state index contributed by atoms with van der Waals surface area (Å²) < 4.78 is 1.45. The molecule has 0 aliphatic carbocycles. The molecule has 0 spiro atoms. The van der Waals surface area contributed by atoms with Crippen molar-refractivity contribution in [3.8, 4) is 10.6 Å². The van der Waals surface area contributed by atoms with Crippen LogP contribution >= 0.6 is 22.9 Å². The molecule has 0 aromatic carbocycles. The van der Waals surface area contributed by atoms with Crippen molar-refractivity contribution >= 4 is 22.9 Å². The smallest absolute Gasteiger partial charge is 0.267 e. The largest absolute Gasteiger partial charge is 0.271 e. The van der Waals surface area contributed by atoms with Crippen molar-refractivity contribution in [2.45, 2.75) is 19.3 Å². The zero-order chi connectivity index (χ0) is 11.5. The molecule has 2 aromatic heterocycles. The molecule has 2 aromatic rings. The van der Waals surface area contributed by atoms with Gasteiger partial charge in [0, 0.05) is 12.1 Å². The third-order valence-electron chi connectivity index (χ3n) is 2.27. The van der Waals surface area contributed by atoms with Crippen molar-refractivity contribution in [3.05, 3.63) is 39.5 Å². The van der Waals surface area contributed by atoms with E-state index in [1.807, 2.05) is 24.4 Å². The SMILES string of the molecule is CCn1nc(-c2cccs2)cc(CCl)c1=O. The lowest BCUT2D eigenvalue weighted by molar-refractivity contribution is 0.614. The molecule has 0 aliphatic rings. The Labute approximate surface area is 102 Å². The first-order valence-electron chi connectivity index (χ1n) is 4.97. The van der Waals surface area contributed by atoms with Gasteiger partial charge in [-0.05, 0) is 24.4 Å². The highest BCUT2D eigenvalue weighted by atomic mass is 35.5. The average molecular weight is 255 g/mol. The Morgan fingerprint density at radius 1 is 1.56 bits per heavy atom. The standard InChI is InChI=1S/C11H11ClN2OS/c1-2-14-11(15)8(7-12)6-9(13-14)10-4-3-5-16-10/h3-6H,2,7H2,1H3. The van der Waals surface area contributed by atoms with Crippen LogP contribution in [0.1, 0.15) is 12.5 Å². The second-order valence-electron chi connectivity index (χ2n) is 3.29. The summed E-state index contributed by atoms with van der Waals surface area (Å²) in [5.41, 5.74) is 1.31. The Morgan fingerprint density at radius 2 is 2.38 bits per heavy atom. The Kier molecular flexibility index (Phi) is 3.41. The van der Waals surface area contributed by atoms with Gasteiger partial charge in [0.25, 0.3) is 5.56 Å². The van der Waals surface area contributed by atoms with Crippen LogP contribution in [-0.2, 0) is 12.4 Å². The van der Waals surface area contributed by atoms with E-state index in [4.69, 9.17) is 11.6 Å². The minimum absolute atomic E-state index is 0.0993. The summed E-state index contributed by atoms with van der Waals surface area (Å²) in [6, 6.07) is 5.71. The zero-order valence-electron chi connectivity index (χ0n) is 8.81. The van der Waals surface area contributed by atoms with Gasteiger partial charge in [0.1, 0.15) is 5.69 Å². The van der Waals surface area contributed by atoms with Gasteiger partial charge in [-0.1, -0.05) is 6.07 Å². The predicted octanol–water partition coefficient (Wildman–Crippen LogP) is 2.73. The molecule has 0 unspecified atom stereocenters. The van der Waals surface area contributed by atoms with Crippen molar-refractivity contribution in [1.29, 1.82) is 0 Å². The third kappa shape index (κ3) is 2.03. The number of nitrogens with zero attached hydrogens (tertiary/aromatic N) is 2. The maximum atomic E-state index is 11.8.